The van der Waals surface area contributed by atoms with E-state index in [4.69, 9.17) is 11.6 Å². The predicted molar refractivity (Wildman–Crippen MR) is 83.0 cm³/mol. The molecule has 4 nitrogen and oxygen atoms in total. The van der Waals surface area contributed by atoms with Crippen molar-refractivity contribution < 1.29 is 0 Å². The zero-order valence-corrected chi connectivity index (χ0v) is 13.7. The number of hydrogen-bond donors (Lipinski definition) is 1. The minimum atomic E-state index is 0.280. The van der Waals surface area contributed by atoms with Crippen molar-refractivity contribution in [3.8, 4) is 0 Å². The first-order chi connectivity index (χ1) is 9.38. The van der Waals surface area contributed by atoms with Gasteiger partial charge in [0.05, 0.1) is 0 Å². The minimum Gasteiger partial charge on any atom is -0.351 e. The highest BCUT2D eigenvalue weighted by molar-refractivity contribution is 6.28. The van der Waals surface area contributed by atoms with Crippen molar-refractivity contribution in [2.45, 2.75) is 65.8 Å². The lowest BCUT2D eigenvalue weighted by molar-refractivity contribution is 0.173. The third kappa shape index (κ3) is 4.05. The topological polar surface area (TPSA) is 50.7 Å². The van der Waals surface area contributed by atoms with Gasteiger partial charge in [-0.05, 0) is 48.6 Å². The largest absolute Gasteiger partial charge is 0.351 e. The van der Waals surface area contributed by atoms with Gasteiger partial charge in [-0.2, -0.15) is 9.97 Å². The van der Waals surface area contributed by atoms with Gasteiger partial charge in [-0.25, -0.2) is 4.98 Å². The average molecular weight is 297 g/mol. The lowest BCUT2D eigenvalue weighted by Gasteiger charge is -2.37. The van der Waals surface area contributed by atoms with E-state index in [0.29, 0.717) is 17.4 Å². The highest BCUT2D eigenvalue weighted by Crippen LogP contribution is 2.38. The van der Waals surface area contributed by atoms with Crippen molar-refractivity contribution in [1.29, 1.82) is 0 Å². The van der Waals surface area contributed by atoms with Gasteiger partial charge in [-0.1, -0.05) is 27.7 Å². The fourth-order valence-corrected chi connectivity index (χ4v) is 3.08. The molecule has 5 heteroatoms. The molecule has 0 spiro atoms. The third-order valence-electron chi connectivity index (χ3n) is 4.26. The summed E-state index contributed by atoms with van der Waals surface area (Å²) in [6.45, 7) is 9.03. The van der Waals surface area contributed by atoms with Crippen LogP contribution in [0.2, 0.25) is 5.28 Å². The lowest BCUT2D eigenvalue weighted by Crippen LogP contribution is -2.32. The molecule has 0 atom stereocenters. The molecule has 0 aliphatic heterocycles. The van der Waals surface area contributed by atoms with Crippen LogP contribution in [-0.4, -0.2) is 21.0 Å². The summed E-state index contributed by atoms with van der Waals surface area (Å²) < 4.78 is 0. The Kier molecular flexibility index (Phi) is 4.84. The van der Waals surface area contributed by atoms with Crippen LogP contribution in [0, 0.1) is 11.3 Å². The smallest absolute Gasteiger partial charge is 0.227 e. The van der Waals surface area contributed by atoms with E-state index in [-0.39, 0.29) is 5.28 Å². The van der Waals surface area contributed by atoms with Crippen LogP contribution in [0.25, 0.3) is 0 Å². The molecule has 1 aliphatic carbocycles. The van der Waals surface area contributed by atoms with E-state index in [0.717, 1.165) is 18.2 Å². The van der Waals surface area contributed by atoms with Crippen molar-refractivity contribution in [3.63, 3.8) is 0 Å². The molecule has 2 rings (SSSR count). The van der Waals surface area contributed by atoms with E-state index < -0.39 is 0 Å². The summed E-state index contributed by atoms with van der Waals surface area (Å²) in [5, 5.41) is 3.70. The second-order valence-corrected chi connectivity index (χ2v) is 7.09. The Labute approximate surface area is 126 Å². The van der Waals surface area contributed by atoms with Gasteiger partial charge in [0.15, 0.2) is 0 Å². The van der Waals surface area contributed by atoms with Crippen LogP contribution in [0.5, 0.6) is 0 Å². The zero-order valence-electron chi connectivity index (χ0n) is 12.9. The van der Waals surface area contributed by atoms with E-state index in [1.807, 2.05) is 6.92 Å². The number of aryl methyl sites for hydroxylation is 1. The molecule has 1 heterocycles. The number of halogens is 1. The SMILES string of the molecule is CCc1nc(Cl)nc(NC2CCC(C(C)(C)C)CC2)n1. The number of nitrogens with zero attached hydrogens (tertiary/aromatic N) is 3. The molecule has 0 aromatic carbocycles. The van der Waals surface area contributed by atoms with Gasteiger partial charge in [0.1, 0.15) is 5.82 Å². The molecular formula is C15H25ClN4. The van der Waals surface area contributed by atoms with Gasteiger partial charge in [0.25, 0.3) is 0 Å². The molecule has 0 bridgehead atoms. The first kappa shape index (κ1) is 15.5. The highest BCUT2D eigenvalue weighted by atomic mass is 35.5. The Bertz CT molecular complexity index is 448. The molecule has 0 saturated heterocycles. The summed E-state index contributed by atoms with van der Waals surface area (Å²) in [6, 6.07) is 0.455. The summed E-state index contributed by atoms with van der Waals surface area (Å²) >= 11 is 5.93. The van der Waals surface area contributed by atoms with Crippen LogP contribution in [0.3, 0.4) is 0 Å². The van der Waals surface area contributed by atoms with Gasteiger partial charge >= 0.3 is 0 Å². The number of hydrogen-bond acceptors (Lipinski definition) is 4. The molecule has 0 amide bonds. The van der Waals surface area contributed by atoms with Gasteiger partial charge in [0, 0.05) is 12.5 Å². The number of nitrogens with one attached hydrogen (secondary N) is 1. The molecule has 1 fully saturated rings. The van der Waals surface area contributed by atoms with Crippen molar-refractivity contribution in [1.82, 2.24) is 15.0 Å². The fourth-order valence-electron chi connectivity index (χ4n) is 2.90. The van der Waals surface area contributed by atoms with E-state index >= 15 is 0 Å². The van der Waals surface area contributed by atoms with Crippen LogP contribution >= 0.6 is 11.6 Å². The first-order valence-corrected chi connectivity index (χ1v) is 7.93. The molecule has 0 radical (unpaired) electrons. The molecule has 1 saturated carbocycles. The number of anilines is 1. The molecule has 112 valence electrons. The van der Waals surface area contributed by atoms with Gasteiger partial charge in [-0.15, -0.1) is 0 Å². The first-order valence-electron chi connectivity index (χ1n) is 7.55. The Hall–Kier alpha value is -0.900. The van der Waals surface area contributed by atoms with Crippen LogP contribution in [0.15, 0.2) is 0 Å². The van der Waals surface area contributed by atoms with Crippen molar-refractivity contribution >= 4 is 17.5 Å². The quantitative estimate of drug-likeness (QED) is 0.912. The molecule has 0 unspecified atom stereocenters. The van der Waals surface area contributed by atoms with E-state index in [9.17, 15) is 0 Å². The molecular weight excluding hydrogens is 272 g/mol. The molecule has 1 aliphatic rings. The lowest BCUT2D eigenvalue weighted by atomic mass is 9.71. The Morgan fingerprint density at radius 2 is 1.75 bits per heavy atom. The maximum absolute atomic E-state index is 5.93. The monoisotopic (exact) mass is 296 g/mol. The average Bonchev–Trinajstić information content (AvgIpc) is 2.37. The van der Waals surface area contributed by atoms with E-state index in [1.54, 1.807) is 0 Å². The molecule has 20 heavy (non-hydrogen) atoms. The maximum Gasteiger partial charge on any atom is 0.227 e. The number of rotatable bonds is 3. The molecule has 1 N–H and O–H groups in total. The van der Waals surface area contributed by atoms with E-state index in [2.05, 4.69) is 41.0 Å². The standard InChI is InChI=1S/C15H25ClN4/c1-5-12-18-13(16)20-14(19-12)17-11-8-6-10(7-9-11)15(2,3)4/h10-11H,5-9H2,1-4H3,(H,17,18,19,20). The summed E-state index contributed by atoms with van der Waals surface area (Å²) in [5.74, 6) is 2.19. The number of aromatic nitrogens is 3. The van der Waals surface area contributed by atoms with Crippen LogP contribution in [-0.2, 0) is 6.42 Å². The second-order valence-electron chi connectivity index (χ2n) is 6.76. The Morgan fingerprint density at radius 1 is 1.10 bits per heavy atom. The normalized spacial score (nSPS) is 23.6. The molecule has 1 aromatic heterocycles. The summed E-state index contributed by atoms with van der Waals surface area (Å²) in [4.78, 5) is 12.7. The van der Waals surface area contributed by atoms with Crippen molar-refractivity contribution in [2.24, 2.45) is 11.3 Å². The maximum atomic E-state index is 5.93. The zero-order chi connectivity index (χ0) is 14.8. The van der Waals surface area contributed by atoms with Crippen LogP contribution in [0.1, 0.15) is 59.2 Å². The Balaban J connectivity index is 1.94. The summed E-state index contributed by atoms with van der Waals surface area (Å²) in [7, 11) is 0. The fraction of sp³-hybridized carbons (Fsp3) is 0.800. The van der Waals surface area contributed by atoms with Crippen LogP contribution < -0.4 is 5.32 Å². The van der Waals surface area contributed by atoms with Crippen LogP contribution in [0.4, 0.5) is 5.95 Å². The molecule has 1 aromatic rings. The second kappa shape index (κ2) is 6.25. The van der Waals surface area contributed by atoms with Crippen molar-refractivity contribution in [3.05, 3.63) is 11.1 Å². The minimum absolute atomic E-state index is 0.280. The van der Waals surface area contributed by atoms with Gasteiger partial charge in [0.2, 0.25) is 11.2 Å². The summed E-state index contributed by atoms with van der Waals surface area (Å²) in [5.41, 5.74) is 0.414. The highest BCUT2D eigenvalue weighted by Gasteiger charge is 2.29. The van der Waals surface area contributed by atoms with E-state index in [1.165, 1.54) is 25.7 Å². The Morgan fingerprint density at radius 3 is 2.30 bits per heavy atom. The van der Waals surface area contributed by atoms with Crippen molar-refractivity contribution in [2.75, 3.05) is 5.32 Å². The predicted octanol–water partition coefficient (Wildman–Crippen LogP) is 4.10. The third-order valence-corrected chi connectivity index (χ3v) is 4.42. The van der Waals surface area contributed by atoms with Gasteiger partial charge < -0.3 is 5.32 Å². The summed E-state index contributed by atoms with van der Waals surface area (Å²) in [6.07, 6.45) is 5.65. The van der Waals surface area contributed by atoms with Gasteiger partial charge in [-0.3, -0.25) is 0 Å².